The minimum atomic E-state index is -0.0141. The van der Waals surface area contributed by atoms with E-state index in [0.717, 1.165) is 31.5 Å². The van der Waals surface area contributed by atoms with Crippen LogP contribution in [0.2, 0.25) is 0 Å². The first kappa shape index (κ1) is 21.2. The second-order valence-corrected chi connectivity index (χ2v) is 6.88. The van der Waals surface area contributed by atoms with E-state index in [1.165, 1.54) is 11.1 Å². The molecule has 0 aliphatic carbocycles. The van der Waals surface area contributed by atoms with Crippen molar-refractivity contribution in [2.24, 2.45) is 0 Å². The smallest absolute Gasteiger partial charge is 0.222 e. The Hall–Kier alpha value is -1.84. The fourth-order valence-electron chi connectivity index (χ4n) is 3.08. The van der Waals surface area contributed by atoms with Crippen LogP contribution in [-0.4, -0.2) is 29.8 Å². The van der Waals surface area contributed by atoms with Crippen molar-refractivity contribution in [1.29, 1.82) is 0 Å². The molecule has 0 aliphatic heterocycles. The van der Waals surface area contributed by atoms with Crippen molar-refractivity contribution >= 4 is 11.8 Å². The number of aryl methyl sites for hydroxylation is 2. The molecule has 2 amide bonds. The first-order valence-electron chi connectivity index (χ1n) is 9.53. The van der Waals surface area contributed by atoms with E-state index in [1.54, 1.807) is 0 Å². The van der Waals surface area contributed by atoms with Gasteiger partial charge in [0.25, 0.3) is 0 Å². The SMILES string of the molecule is CCCN(CCC)C(=O)CCCC(=O)NC(C)c1cc(C)ccc1C. The van der Waals surface area contributed by atoms with Crippen molar-refractivity contribution < 1.29 is 9.59 Å². The molecule has 4 nitrogen and oxygen atoms in total. The van der Waals surface area contributed by atoms with Gasteiger partial charge in [-0.25, -0.2) is 0 Å². The average molecular weight is 347 g/mol. The van der Waals surface area contributed by atoms with Gasteiger partial charge in [0.1, 0.15) is 0 Å². The second kappa shape index (κ2) is 10.9. The summed E-state index contributed by atoms with van der Waals surface area (Å²) in [6.07, 6.45) is 3.39. The van der Waals surface area contributed by atoms with Crippen LogP contribution < -0.4 is 5.32 Å². The topological polar surface area (TPSA) is 49.4 Å². The molecule has 0 spiro atoms. The minimum absolute atomic E-state index is 0.0127. The number of nitrogens with zero attached hydrogens (tertiary/aromatic N) is 1. The van der Waals surface area contributed by atoms with Gasteiger partial charge in [0.2, 0.25) is 11.8 Å². The van der Waals surface area contributed by atoms with Crippen LogP contribution in [0.3, 0.4) is 0 Å². The molecule has 0 bridgehead atoms. The van der Waals surface area contributed by atoms with Crippen LogP contribution in [0.5, 0.6) is 0 Å². The van der Waals surface area contributed by atoms with Gasteiger partial charge in [0.15, 0.2) is 0 Å². The zero-order chi connectivity index (χ0) is 18.8. The van der Waals surface area contributed by atoms with Gasteiger partial charge in [-0.15, -0.1) is 0 Å². The zero-order valence-corrected chi connectivity index (χ0v) is 16.5. The lowest BCUT2D eigenvalue weighted by Crippen LogP contribution is -2.32. The predicted octanol–water partition coefficient (Wildman–Crippen LogP) is 4.30. The van der Waals surface area contributed by atoms with Crippen molar-refractivity contribution in [3.05, 3.63) is 34.9 Å². The summed E-state index contributed by atoms with van der Waals surface area (Å²) in [5.41, 5.74) is 3.53. The molecule has 1 aromatic rings. The molecule has 0 fully saturated rings. The van der Waals surface area contributed by atoms with Crippen molar-refractivity contribution in [3.63, 3.8) is 0 Å². The van der Waals surface area contributed by atoms with E-state index in [0.29, 0.717) is 19.3 Å². The first-order chi connectivity index (χ1) is 11.9. The van der Waals surface area contributed by atoms with Gasteiger partial charge < -0.3 is 10.2 Å². The lowest BCUT2D eigenvalue weighted by atomic mass is 10.00. The van der Waals surface area contributed by atoms with E-state index < -0.39 is 0 Å². The lowest BCUT2D eigenvalue weighted by Gasteiger charge is -2.21. The van der Waals surface area contributed by atoms with Gasteiger partial charge in [0.05, 0.1) is 6.04 Å². The Morgan fingerprint density at radius 3 is 2.32 bits per heavy atom. The summed E-state index contributed by atoms with van der Waals surface area (Å²) in [4.78, 5) is 26.3. The van der Waals surface area contributed by atoms with E-state index in [1.807, 2.05) is 11.8 Å². The molecule has 1 N–H and O–H groups in total. The van der Waals surface area contributed by atoms with E-state index in [-0.39, 0.29) is 17.9 Å². The number of carbonyl (C=O) groups is 2. The molecule has 1 atom stereocenters. The highest BCUT2D eigenvalue weighted by atomic mass is 16.2. The summed E-state index contributed by atoms with van der Waals surface area (Å²) in [6, 6.07) is 6.27. The van der Waals surface area contributed by atoms with Crippen LogP contribution in [0.25, 0.3) is 0 Å². The Bertz CT molecular complexity index is 563. The number of benzene rings is 1. The van der Waals surface area contributed by atoms with Crippen molar-refractivity contribution in [3.8, 4) is 0 Å². The molecule has 1 unspecified atom stereocenters. The number of nitrogens with one attached hydrogen (secondary N) is 1. The predicted molar refractivity (Wildman–Crippen MR) is 103 cm³/mol. The molecule has 140 valence electrons. The monoisotopic (exact) mass is 346 g/mol. The number of carbonyl (C=O) groups excluding carboxylic acids is 2. The maximum absolute atomic E-state index is 12.2. The average Bonchev–Trinajstić information content (AvgIpc) is 2.56. The van der Waals surface area contributed by atoms with Crippen molar-refractivity contribution in [2.75, 3.05) is 13.1 Å². The molecule has 0 saturated carbocycles. The standard InChI is InChI=1S/C21H34N2O2/c1-6-13-23(14-7-2)21(25)10-8-9-20(24)22-18(5)19-15-16(3)11-12-17(19)4/h11-12,15,18H,6-10,13-14H2,1-5H3,(H,22,24). The molecule has 0 radical (unpaired) electrons. The molecule has 0 aliphatic rings. The third-order valence-electron chi connectivity index (χ3n) is 4.41. The number of hydrogen-bond acceptors (Lipinski definition) is 2. The van der Waals surface area contributed by atoms with Crippen LogP contribution in [0.15, 0.2) is 18.2 Å². The molecule has 1 aromatic carbocycles. The van der Waals surface area contributed by atoms with Crippen LogP contribution in [0, 0.1) is 13.8 Å². The Balaban J connectivity index is 2.44. The largest absolute Gasteiger partial charge is 0.350 e. The van der Waals surface area contributed by atoms with Gasteiger partial charge in [0, 0.05) is 25.9 Å². The zero-order valence-electron chi connectivity index (χ0n) is 16.5. The van der Waals surface area contributed by atoms with Gasteiger partial charge in [-0.2, -0.15) is 0 Å². The van der Waals surface area contributed by atoms with Crippen LogP contribution in [0.4, 0.5) is 0 Å². The third-order valence-corrected chi connectivity index (χ3v) is 4.41. The molecular formula is C21H34N2O2. The quantitative estimate of drug-likeness (QED) is 0.687. The highest BCUT2D eigenvalue weighted by molar-refractivity contribution is 5.79. The summed E-state index contributed by atoms with van der Waals surface area (Å²) in [7, 11) is 0. The third kappa shape index (κ3) is 7.29. The fourth-order valence-corrected chi connectivity index (χ4v) is 3.08. The maximum atomic E-state index is 12.2. The maximum Gasteiger partial charge on any atom is 0.222 e. The van der Waals surface area contributed by atoms with Crippen LogP contribution in [0.1, 0.15) is 75.6 Å². The molecular weight excluding hydrogens is 312 g/mol. The van der Waals surface area contributed by atoms with Gasteiger partial charge in [-0.3, -0.25) is 9.59 Å². The summed E-state index contributed by atoms with van der Waals surface area (Å²) in [6.45, 7) is 11.9. The molecule has 0 heterocycles. The normalized spacial score (nSPS) is 11.9. The first-order valence-corrected chi connectivity index (χ1v) is 9.53. The van der Waals surface area contributed by atoms with Crippen LogP contribution in [-0.2, 0) is 9.59 Å². The van der Waals surface area contributed by atoms with Gasteiger partial charge in [-0.05, 0) is 51.2 Å². The van der Waals surface area contributed by atoms with Crippen molar-refractivity contribution in [2.45, 2.75) is 72.8 Å². The highest BCUT2D eigenvalue weighted by Crippen LogP contribution is 2.19. The molecule has 25 heavy (non-hydrogen) atoms. The van der Waals surface area contributed by atoms with E-state index >= 15 is 0 Å². The number of amides is 2. The summed E-state index contributed by atoms with van der Waals surface area (Å²) in [5.74, 6) is 0.179. The minimum Gasteiger partial charge on any atom is -0.350 e. The highest BCUT2D eigenvalue weighted by Gasteiger charge is 2.14. The molecule has 0 saturated heterocycles. The Labute approximate surface area is 153 Å². The number of hydrogen-bond donors (Lipinski definition) is 1. The lowest BCUT2D eigenvalue weighted by molar-refractivity contribution is -0.131. The van der Waals surface area contributed by atoms with Crippen LogP contribution >= 0.6 is 0 Å². The molecule has 4 heteroatoms. The molecule has 0 aromatic heterocycles. The van der Waals surface area contributed by atoms with E-state index in [2.05, 4.69) is 51.2 Å². The van der Waals surface area contributed by atoms with Crippen molar-refractivity contribution in [1.82, 2.24) is 10.2 Å². The Morgan fingerprint density at radius 1 is 1.08 bits per heavy atom. The Morgan fingerprint density at radius 2 is 1.72 bits per heavy atom. The fraction of sp³-hybridized carbons (Fsp3) is 0.619. The van der Waals surface area contributed by atoms with E-state index in [4.69, 9.17) is 0 Å². The summed E-state index contributed by atoms with van der Waals surface area (Å²) >= 11 is 0. The van der Waals surface area contributed by atoms with Gasteiger partial charge in [-0.1, -0.05) is 37.6 Å². The second-order valence-electron chi connectivity index (χ2n) is 6.88. The Kier molecular flexibility index (Phi) is 9.25. The van der Waals surface area contributed by atoms with Gasteiger partial charge >= 0.3 is 0 Å². The summed E-state index contributed by atoms with van der Waals surface area (Å²) < 4.78 is 0. The summed E-state index contributed by atoms with van der Waals surface area (Å²) in [5, 5.41) is 3.05. The molecule has 1 rings (SSSR count). The number of rotatable bonds is 10. The van der Waals surface area contributed by atoms with E-state index in [9.17, 15) is 9.59 Å².